The molecule has 0 fully saturated rings. The quantitative estimate of drug-likeness (QED) is 0.381. The number of hydrogen-bond donors (Lipinski definition) is 0. The molecular weight excluding hydrogens is 125 g/mol. The van der Waals surface area contributed by atoms with Crippen LogP contribution in [0.15, 0.2) is 12.2 Å². The Hall–Kier alpha value is 0.363. The Balaban J connectivity index is 0. The van der Waals surface area contributed by atoms with Crippen LogP contribution in [0.4, 0.5) is 0 Å². The fraction of sp³-hybridized carbons (Fsp3) is 0.600. The molecule has 1 heteroatoms. The molecule has 0 amide bonds. The van der Waals surface area contributed by atoms with Crippen LogP contribution in [0.3, 0.4) is 0 Å². The molecule has 0 aromatic rings. The van der Waals surface area contributed by atoms with Gasteiger partial charge in [0.05, 0.1) is 0 Å². The molecule has 0 unspecified atom stereocenters. The molecule has 0 saturated heterocycles. The molecule has 0 aliphatic carbocycles. The molecule has 0 aliphatic heterocycles. The van der Waals surface area contributed by atoms with E-state index in [-0.39, 0.29) is 19.5 Å². The second kappa shape index (κ2) is 5.36. The van der Waals surface area contributed by atoms with Gasteiger partial charge in [-0.2, -0.15) is 0 Å². The molecule has 0 aromatic carbocycles. The topological polar surface area (TPSA) is 0 Å². The van der Waals surface area contributed by atoms with Gasteiger partial charge in [0.2, 0.25) is 0 Å². The molecule has 0 heterocycles. The van der Waals surface area contributed by atoms with Crippen molar-refractivity contribution in [1.82, 2.24) is 0 Å². The average Bonchev–Trinajstić information content (AvgIpc) is 1.38. The summed E-state index contributed by atoms with van der Waals surface area (Å²) in [5.74, 6) is 0. The van der Waals surface area contributed by atoms with E-state index in [0.717, 1.165) is 6.42 Å². The van der Waals surface area contributed by atoms with E-state index in [4.69, 9.17) is 0 Å². The molecular formula is C5H10Zn. The van der Waals surface area contributed by atoms with Gasteiger partial charge in [-0.1, -0.05) is 12.5 Å². The first kappa shape index (κ1) is 9.61. The second-order valence-electron chi connectivity index (χ2n) is 1.31. The van der Waals surface area contributed by atoms with Crippen molar-refractivity contribution in [2.45, 2.75) is 20.3 Å². The van der Waals surface area contributed by atoms with Crippen LogP contribution < -0.4 is 0 Å². The number of hydrogen-bond acceptors (Lipinski definition) is 0. The molecule has 0 saturated carbocycles. The summed E-state index contributed by atoms with van der Waals surface area (Å²) in [4.78, 5) is 0. The maximum absolute atomic E-state index is 3.67. The standard InChI is InChI=1S/C5H10.Zn/c1-4-5(2)3;/h2,4H2,1,3H3;. The van der Waals surface area contributed by atoms with Gasteiger partial charge in [0.25, 0.3) is 0 Å². The van der Waals surface area contributed by atoms with Crippen LogP contribution in [0.2, 0.25) is 0 Å². The van der Waals surface area contributed by atoms with Crippen LogP contribution in [-0.4, -0.2) is 0 Å². The Morgan fingerprint density at radius 3 is 1.83 bits per heavy atom. The third-order valence-corrected chi connectivity index (χ3v) is 0.604. The predicted octanol–water partition coefficient (Wildman–Crippen LogP) is 1.97. The van der Waals surface area contributed by atoms with Gasteiger partial charge >= 0.3 is 0 Å². The van der Waals surface area contributed by atoms with Crippen LogP contribution >= 0.6 is 0 Å². The van der Waals surface area contributed by atoms with E-state index in [1.807, 2.05) is 6.92 Å². The van der Waals surface area contributed by atoms with E-state index < -0.39 is 0 Å². The van der Waals surface area contributed by atoms with Gasteiger partial charge in [0.15, 0.2) is 0 Å². The molecule has 0 spiro atoms. The Morgan fingerprint density at radius 1 is 1.67 bits per heavy atom. The van der Waals surface area contributed by atoms with Crippen molar-refractivity contribution in [3.05, 3.63) is 12.2 Å². The summed E-state index contributed by atoms with van der Waals surface area (Å²) in [7, 11) is 0. The second-order valence-corrected chi connectivity index (χ2v) is 1.31. The van der Waals surface area contributed by atoms with Crippen LogP contribution in [0.1, 0.15) is 20.3 Å². The number of rotatable bonds is 1. The van der Waals surface area contributed by atoms with Gasteiger partial charge in [0.1, 0.15) is 0 Å². The first-order chi connectivity index (χ1) is 2.27. The van der Waals surface area contributed by atoms with Gasteiger partial charge in [-0.15, -0.1) is 6.58 Å². The Labute approximate surface area is 52.4 Å². The van der Waals surface area contributed by atoms with Crippen molar-refractivity contribution in [3.63, 3.8) is 0 Å². The summed E-state index contributed by atoms with van der Waals surface area (Å²) in [5.41, 5.74) is 1.25. The third-order valence-electron chi connectivity index (χ3n) is 0.604. The first-order valence-electron chi connectivity index (χ1n) is 1.91. The van der Waals surface area contributed by atoms with Gasteiger partial charge in [-0.3, -0.25) is 0 Å². The minimum atomic E-state index is 0. The molecule has 6 heavy (non-hydrogen) atoms. The monoisotopic (exact) mass is 134 g/mol. The molecule has 0 bridgehead atoms. The summed E-state index contributed by atoms with van der Waals surface area (Å²) in [6, 6.07) is 0. The van der Waals surface area contributed by atoms with Crippen molar-refractivity contribution < 1.29 is 19.5 Å². The Morgan fingerprint density at radius 2 is 1.83 bits per heavy atom. The zero-order valence-corrected chi connectivity index (χ0v) is 7.59. The maximum Gasteiger partial charge on any atom is 0 e. The van der Waals surface area contributed by atoms with Gasteiger partial charge < -0.3 is 0 Å². The molecule has 0 N–H and O–H groups in total. The zero-order valence-electron chi connectivity index (χ0n) is 4.62. The van der Waals surface area contributed by atoms with E-state index in [9.17, 15) is 0 Å². The van der Waals surface area contributed by atoms with Gasteiger partial charge in [-0.05, 0) is 13.3 Å². The fourth-order valence-corrected chi connectivity index (χ4v) is 0. The fourth-order valence-electron chi connectivity index (χ4n) is 0. The summed E-state index contributed by atoms with van der Waals surface area (Å²) >= 11 is 0. The molecule has 0 rings (SSSR count). The molecule has 32 valence electrons. The summed E-state index contributed by atoms with van der Waals surface area (Å²) in [5, 5.41) is 0. The Kier molecular flexibility index (Phi) is 8.59. The average molecular weight is 136 g/mol. The number of allylic oxidation sites excluding steroid dienone is 1. The van der Waals surface area contributed by atoms with Gasteiger partial charge in [-0.25, -0.2) is 0 Å². The normalized spacial score (nSPS) is 6.33. The van der Waals surface area contributed by atoms with Crippen LogP contribution in [0.25, 0.3) is 0 Å². The molecule has 0 nitrogen and oxygen atoms in total. The summed E-state index contributed by atoms with van der Waals surface area (Å²) in [6.07, 6.45) is 1.11. The molecule has 0 atom stereocenters. The largest absolute Gasteiger partial charge is 0.100 e. The molecule has 0 aromatic heterocycles. The van der Waals surface area contributed by atoms with Crippen molar-refractivity contribution in [2.75, 3.05) is 0 Å². The maximum atomic E-state index is 3.67. The summed E-state index contributed by atoms with van der Waals surface area (Å²) < 4.78 is 0. The SMILES string of the molecule is C=C(C)CC.[Zn]. The van der Waals surface area contributed by atoms with Crippen molar-refractivity contribution in [1.29, 1.82) is 0 Å². The third kappa shape index (κ3) is 8.84. The van der Waals surface area contributed by atoms with Crippen LogP contribution in [0, 0.1) is 0 Å². The molecule has 0 aliphatic rings. The van der Waals surface area contributed by atoms with Crippen molar-refractivity contribution in [2.24, 2.45) is 0 Å². The van der Waals surface area contributed by atoms with E-state index in [1.165, 1.54) is 5.57 Å². The zero-order chi connectivity index (χ0) is 4.28. The molecule has 0 radical (unpaired) electrons. The van der Waals surface area contributed by atoms with Crippen LogP contribution in [0.5, 0.6) is 0 Å². The smallest absolute Gasteiger partial charge is 0 e. The van der Waals surface area contributed by atoms with Crippen LogP contribution in [-0.2, 0) is 19.5 Å². The van der Waals surface area contributed by atoms with Crippen molar-refractivity contribution in [3.8, 4) is 0 Å². The first-order valence-corrected chi connectivity index (χ1v) is 1.91. The van der Waals surface area contributed by atoms with E-state index >= 15 is 0 Å². The van der Waals surface area contributed by atoms with E-state index in [1.54, 1.807) is 0 Å². The van der Waals surface area contributed by atoms with Gasteiger partial charge in [0, 0.05) is 19.5 Å². The van der Waals surface area contributed by atoms with E-state index in [2.05, 4.69) is 13.5 Å². The predicted molar refractivity (Wildman–Crippen MR) is 25.1 cm³/mol. The van der Waals surface area contributed by atoms with Crippen molar-refractivity contribution >= 4 is 0 Å². The minimum Gasteiger partial charge on any atom is -0.100 e. The Bertz CT molecular complexity index is 39.2. The summed E-state index contributed by atoms with van der Waals surface area (Å²) in [6.45, 7) is 7.80. The van der Waals surface area contributed by atoms with E-state index in [0.29, 0.717) is 0 Å². The minimum absolute atomic E-state index is 0.